The largest absolute Gasteiger partial charge is 0.480 e. The summed E-state index contributed by atoms with van der Waals surface area (Å²) < 4.78 is 0. The maximum absolute atomic E-state index is 12.2. The Kier molecular flexibility index (Phi) is 5.63. The van der Waals surface area contributed by atoms with E-state index in [0.717, 1.165) is 19.3 Å². The van der Waals surface area contributed by atoms with E-state index in [1.807, 2.05) is 0 Å². The maximum Gasteiger partial charge on any atom is 0.326 e. The minimum atomic E-state index is -0.978. The normalized spacial score (nSPS) is 24.9. The fraction of sp³-hybridized carbons (Fsp3) is 0.857. The molecule has 0 heterocycles. The van der Waals surface area contributed by atoms with Crippen molar-refractivity contribution in [2.75, 3.05) is 7.05 Å². The Bertz CT molecular complexity index is 331. The standard InChI is InChI=1S/C14H26N2O3/c1-9(2)12(13(17)18)15-14(19)16(4)11-8-6-5-7-10(11)3/h9-12H,5-8H2,1-4H3,(H,15,19)(H,17,18). The van der Waals surface area contributed by atoms with Gasteiger partial charge in [-0.25, -0.2) is 9.59 Å². The zero-order valence-electron chi connectivity index (χ0n) is 12.3. The third-order valence-corrected chi connectivity index (χ3v) is 4.10. The molecule has 5 nitrogen and oxygen atoms in total. The molecule has 110 valence electrons. The Balaban J connectivity index is 2.63. The number of carboxylic acid groups (broad SMARTS) is 1. The zero-order chi connectivity index (χ0) is 14.6. The summed E-state index contributed by atoms with van der Waals surface area (Å²) >= 11 is 0. The van der Waals surface area contributed by atoms with Crippen LogP contribution >= 0.6 is 0 Å². The maximum atomic E-state index is 12.2. The van der Waals surface area contributed by atoms with Gasteiger partial charge in [0, 0.05) is 13.1 Å². The van der Waals surface area contributed by atoms with Gasteiger partial charge in [0.1, 0.15) is 6.04 Å². The predicted molar refractivity (Wildman–Crippen MR) is 74.0 cm³/mol. The summed E-state index contributed by atoms with van der Waals surface area (Å²) in [6.07, 6.45) is 4.50. The molecule has 3 unspecified atom stereocenters. The fourth-order valence-corrected chi connectivity index (χ4v) is 2.77. The van der Waals surface area contributed by atoms with Crippen LogP contribution in [0.25, 0.3) is 0 Å². The van der Waals surface area contributed by atoms with E-state index in [1.54, 1.807) is 25.8 Å². The van der Waals surface area contributed by atoms with Crippen LogP contribution in [0.4, 0.5) is 4.79 Å². The molecule has 0 saturated heterocycles. The first-order valence-corrected chi connectivity index (χ1v) is 7.10. The number of carboxylic acids is 1. The molecule has 0 spiro atoms. The number of nitrogens with one attached hydrogen (secondary N) is 1. The lowest BCUT2D eigenvalue weighted by Crippen LogP contribution is -2.53. The highest BCUT2D eigenvalue weighted by atomic mass is 16.4. The molecule has 1 rings (SSSR count). The number of carbonyl (C=O) groups is 2. The lowest BCUT2D eigenvalue weighted by Gasteiger charge is -2.37. The van der Waals surface area contributed by atoms with Crippen LogP contribution in [-0.4, -0.2) is 41.1 Å². The van der Waals surface area contributed by atoms with Crippen LogP contribution in [0, 0.1) is 11.8 Å². The lowest BCUT2D eigenvalue weighted by molar-refractivity contribution is -0.140. The molecule has 2 amide bonds. The van der Waals surface area contributed by atoms with Crippen molar-refractivity contribution in [3.63, 3.8) is 0 Å². The molecule has 1 aliphatic rings. The van der Waals surface area contributed by atoms with E-state index in [9.17, 15) is 9.59 Å². The summed E-state index contributed by atoms with van der Waals surface area (Å²) in [5.74, 6) is -0.626. The second kappa shape index (κ2) is 6.78. The smallest absolute Gasteiger partial charge is 0.326 e. The van der Waals surface area contributed by atoms with E-state index in [0.29, 0.717) is 5.92 Å². The molecule has 0 radical (unpaired) electrons. The Hall–Kier alpha value is -1.26. The monoisotopic (exact) mass is 270 g/mol. The summed E-state index contributed by atoms with van der Waals surface area (Å²) in [5, 5.41) is 11.7. The van der Waals surface area contributed by atoms with E-state index in [2.05, 4.69) is 12.2 Å². The van der Waals surface area contributed by atoms with Crippen LogP contribution in [0.2, 0.25) is 0 Å². The first kappa shape index (κ1) is 15.8. The minimum absolute atomic E-state index is 0.126. The molecule has 0 aromatic carbocycles. The van der Waals surface area contributed by atoms with Crippen LogP contribution in [-0.2, 0) is 4.79 Å². The molecule has 1 fully saturated rings. The molecule has 0 bridgehead atoms. The summed E-state index contributed by atoms with van der Waals surface area (Å²) in [5.41, 5.74) is 0. The van der Waals surface area contributed by atoms with Crippen LogP contribution in [0.1, 0.15) is 46.5 Å². The van der Waals surface area contributed by atoms with Gasteiger partial charge in [-0.3, -0.25) is 0 Å². The minimum Gasteiger partial charge on any atom is -0.480 e. The van der Waals surface area contributed by atoms with E-state index < -0.39 is 12.0 Å². The summed E-state index contributed by atoms with van der Waals surface area (Å²) in [6, 6.07) is -0.885. The molecule has 0 aromatic heterocycles. The molecule has 0 aliphatic heterocycles. The molecule has 5 heteroatoms. The number of hydrogen-bond donors (Lipinski definition) is 2. The highest BCUT2D eigenvalue weighted by molar-refractivity contribution is 5.82. The molecule has 2 N–H and O–H groups in total. The van der Waals surface area contributed by atoms with Crippen molar-refractivity contribution < 1.29 is 14.7 Å². The van der Waals surface area contributed by atoms with E-state index in [-0.39, 0.29) is 18.0 Å². The average molecular weight is 270 g/mol. The van der Waals surface area contributed by atoms with Gasteiger partial charge in [0.25, 0.3) is 0 Å². The van der Waals surface area contributed by atoms with Gasteiger partial charge in [0.2, 0.25) is 0 Å². The zero-order valence-corrected chi connectivity index (χ0v) is 12.3. The van der Waals surface area contributed by atoms with E-state index >= 15 is 0 Å². The SMILES string of the molecule is CC(C)C(NC(=O)N(C)C1CCCCC1C)C(=O)O. The summed E-state index contributed by atoms with van der Waals surface area (Å²) in [4.78, 5) is 24.9. The average Bonchev–Trinajstić information content (AvgIpc) is 2.34. The van der Waals surface area contributed by atoms with Gasteiger partial charge < -0.3 is 15.3 Å². The van der Waals surface area contributed by atoms with E-state index in [1.165, 1.54) is 6.42 Å². The topological polar surface area (TPSA) is 69.6 Å². The van der Waals surface area contributed by atoms with Crippen molar-refractivity contribution in [2.45, 2.75) is 58.5 Å². The van der Waals surface area contributed by atoms with Gasteiger partial charge in [-0.05, 0) is 24.7 Å². The van der Waals surface area contributed by atoms with Crippen LogP contribution in [0.15, 0.2) is 0 Å². The van der Waals surface area contributed by atoms with Crippen molar-refractivity contribution in [3.05, 3.63) is 0 Å². The number of rotatable bonds is 4. The van der Waals surface area contributed by atoms with E-state index in [4.69, 9.17) is 5.11 Å². The third kappa shape index (κ3) is 4.11. The van der Waals surface area contributed by atoms with Crippen LogP contribution in [0.5, 0.6) is 0 Å². The summed E-state index contributed by atoms with van der Waals surface area (Å²) in [7, 11) is 1.76. The lowest BCUT2D eigenvalue weighted by atomic mass is 9.85. The van der Waals surface area contributed by atoms with Crippen LogP contribution < -0.4 is 5.32 Å². The molecule has 19 heavy (non-hydrogen) atoms. The molecule has 0 aromatic rings. The van der Waals surface area contributed by atoms with Crippen LogP contribution in [0.3, 0.4) is 0 Å². The number of nitrogens with zero attached hydrogens (tertiary/aromatic N) is 1. The second-order valence-corrected chi connectivity index (χ2v) is 5.95. The Labute approximate surface area is 115 Å². The van der Waals surface area contributed by atoms with Crippen molar-refractivity contribution in [3.8, 4) is 0 Å². The summed E-state index contributed by atoms with van der Waals surface area (Å²) in [6.45, 7) is 5.75. The highest BCUT2D eigenvalue weighted by Gasteiger charge is 2.30. The van der Waals surface area contributed by atoms with Gasteiger partial charge in [-0.2, -0.15) is 0 Å². The Morgan fingerprint density at radius 3 is 2.32 bits per heavy atom. The first-order valence-electron chi connectivity index (χ1n) is 7.10. The van der Waals surface area contributed by atoms with Crippen molar-refractivity contribution in [1.82, 2.24) is 10.2 Å². The van der Waals surface area contributed by atoms with Crippen molar-refractivity contribution in [2.24, 2.45) is 11.8 Å². The van der Waals surface area contributed by atoms with Gasteiger partial charge in [0.05, 0.1) is 0 Å². The number of amides is 2. The van der Waals surface area contributed by atoms with Gasteiger partial charge in [-0.15, -0.1) is 0 Å². The number of carbonyl (C=O) groups excluding carboxylic acids is 1. The van der Waals surface area contributed by atoms with Gasteiger partial charge in [-0.1, -0.05) is 33.6 Å². The Morgan fingerprint density at radius 1 is 1.26 bits per heavy atom. The quantitative estimate of drug-likeness (QED) is 0.823. The molecular weight excluding hydrogens is 244 g/mol. The predicted octanol–water partition coefficient (Wildman–Crippen LogP) is 2.32. The number of urea groups is 1. The van der Waals surface area contributed by atoms with Crippen molar-refractivity contribution >= 4 is 12.0 Å². The molecular formula is C14H26N2O3. The first-order chi connectivity index (χ1) is 8.84. The van der Waals surface area contributed by atoms with Gasteiger partial charge in [0.15, 0.2) is 0 Å². The Morgan fingerprint density at radius 2 is 1.84 bits per heavy atom. The second-order valence-electron chi connectivity index (χ2n) is 5.95. The molecule has 3 atom stereocenters. The number of hydrogen-bond acceptors (Lipinski definition) is 2. The number of aliphatic carboxylic acids is 1. The van der Waals surface area contributed by atoms with Gasteiger partial charge >= 0.3 is 12.0 Å². The highest BCUT2D eigenvalue weighted by Crippen LogP contribution is 2.27. The van der Waals surface area contributed by atoms with Crippen molar-refractivity contribution in [1.29, 1.82) is 0 Å². The fourth-order valence-electron chi connectivity index (χ4n) is 2.77. The third-order valence-electron chi connectivity index (χ3n) is 4.10. The molecule has 1 saturated carbocycles. The molecule has 1 aliphatic carbocycles.